The number of rotatable bonds is 2. The van der Waals surface area contributed by atoms with E-state index in [2.05, 4.69) is 30.9 Å². The van der Waals surface area contributed by atoms with Gasteiger partial charge in [0.2, 0.25) is 0 Å². The highest BCUT2D eigenvalue weighted by molar-refractivity contribution is 5.85. The minimum atomic E-state index is -2.11. The van der Waals surface area contributed by atoms with Gasteiger partial charge in [-0.25, -0.2) is 9.59 Å². The van der Waals surface area contributed by atoms with Gasteiger partial charge < -0.3 is 19.1 Å². The summed E-state index contributed by atoms with van der Waals surface area (Å²) in [6.45, 7) is 0. The zero-order valence-corrected chi connectivity index (χ0v) is 7.41. The first-order valence-electron chi connectivity index (χ1n) is 3.66. The lowest BCUT2D eigenvalue weighted by Crippen LogP contribution is -2.51. The number of ether oxygens (including phenoxy) is 2. The summed E-state index contributed by atoms with van der Waals surface area (Å²) in [6, 6.07) is -2.11. The number of hydrogen-bond acceptors (Lipinski definition) is 10. The summed E-state index contributed by atoms with van der Waals surface area (Å²) in [5.41, 5.74) is 10.4. The molecular formula is C5H10N4O6. The van der Waals surface area contributed by atoms with Gasteiger partial charge in [0.25, 0.3) is 6.03 Å². The van der Waals surface area contributed by atoms with E-state index in [0.29, 0.717) is 0 Å². The normalized spacial score (nSPS) is 28.5. The lowest BCUT2D eigenvalue weighted by molar-refractivity contribution is -0.184. The Morgan fingerprint density at radius 1 is 1.00 bits per heavy atom. The molecule has 0 amide bonds. The summed E-state index contributed by atoms with van der Waals surface area (Å²) in [4.78, 5) is 29.7. The SMILES string of the molecule is NOC(=O)[C@@H]1OC(N)(N)O[C@H]1C(=O)ON. The van der Waals surface area contributed by atoms with Crippen molar-refractivity contribution in [1.82, 2.24) is 0 Å². The molecule has 0 aromatic rings. The van der Waals surface area contributed by atoms with Gasteiger partial charge >= 0.3 is 11.9 Å². The summed E-state index contributed by atoms with van der Waals surface area (Å²) in [7, 11) is 0. The maximum atomic E-state index is 11.0. The molecule has 86 valence electrons. The lowest BCUT2D eigenvalue weighted by Gasteiger charge is -2.14. The highest BCUT2D eigenvalue weighted by Gasteiger charge is 2.52. The number of nitrogens with two attached hydrogens (primary N) is 4. The molecule has 0 unspecified atom stereocenters. The molecule has 10 heteroatoms. The summed E-state index contributed by atoms with van der Waals surface area (Å²) < 4.78 is 9.32. The van der Waals surface area contributed by atoms with E-state index in [9.17, 15) is 9.59 Å². The van der Waals surface area contributed by atoms with Crippen molar-refractivity contribution >= 4 is 11.9 Å². The second-order valence-electron chi connectivity index (χ2n) is 2.67. The Hall–Kier alpha value is -1.30. The third-order valence-electron chi connectivity index (χ3n) is 1.59. The van der Waals surface area contributed by atoms with Crippen LogP contribution in [0.3, 0.4) is 0 Å². The van der Waals surface area contributed by atoms with Crippen molar-refractivity contribution in [2.75, 3.05) is 0 Å². The average molecular weight is 222 g/mol. The quantitative estimate of drug-likeness (QED) is 0.267. The van der Waals surface area contributed by atoms with Crippen molar-refractivity contribution in [2.24, 2.45) is 23.3 Å². The summed E-state index contributed by atoms with van der Waals surface area (Å²) in [6.07, 6.45) is -3.05. The molecule has 0 aromatic carbocycles. The predicted molar refractivity (Wildman–Crippen MR) is 41.4 cm³/mol. The highest BCUT2D eigenvalue weighted by Crippen LogP contribution is 2.22. The molecule has 1 fully saturated rings. The van der Waals surface area contributed by atoms with Crippen molar-refractivity contribution in [1.29, 1.82) is 0 Å². The van der Waals surface area contributed by atoms with E-state index in [0.717, 1.165) is 0 Å². The van der Waals surface area contributed by atoms with Crippen LogP contribution in [0.25, 0.3) is 0 Å². The maximum Gasteiger partial charge on any atom is 0.357 e. The number of carbonyl (C=O) groups excluding carboxylic acids is 2. The summed E-state index contributed by atoms with van der Waals surface area (Å²) in [5, 5.41) is 0. The van der Waals surface area contributed by atoms with Crippen LogP contribution in [0, 0.1) is 0 Å². The minimum Gasteiger partial charge on any atom is -0.371 e. The Morgan fingerprint density at radius 2 is 1.33 bits per heavy atom. The topological polar surface area (TPSA) is 175 Å². The van der Waals surface area contributed by atoms with E-state index >= 15 is 0 Å². The van der Waals surface area contributed by atoms with Gasteiger partial charge in [-0.3, -0.25) is 11.5 Å². The molecule has 0 saturated carbocycles. The molecule has 1 heterocycles. The second kappa shape index (κ2) is 4.06. The molecule has 1 aliphatic heterocycles. The third kappa shape index (κ3) is 2.38. The van der Waals surface area contributed by atoms with E-state index < -0.39 is 30.2 Å². The Balaban J connectivity index is 2.83. The molecule has 15 heavy (non-hydrogen) atoms. The van der Waals surface area contributed by atoms with E-state index in [-0.39, 0.29) is 0 Å². The van der Waals surface area contributed by atoms with Gasteiger partial charge in [0.15, 0.2) is 12.2 Å². The molecule has 10 nitrogen and oxygen atoms in total. The van der Waals surface area contributed by atoms with Gasteiger partial charge in [0, 0.05) is 0 Å². The van der Waals surface area contributed by atoms with Crippen molar-refractivity contribution < 1.29 is 28.7 Å². The van der Waals surface area contributed by atoms with Gasteiger partial charge in [-0.1, -0.05) is 0 Å². The third-order valence-corrected chi connectivity index (χ3v) is 1.59. The van der Waals surface area contributed by atoms with E-state index in [1.165, 1.54) is 0 Å². The standard InChI is InChI=1S/C5H10N4O6/c6-5(7)12-1(3(10)14-8)2(13-5)4(11)15-9/h1-2H,6-9H2/t1-,2-/m1/s1. The molecule has 8 N–H and O–H groups in total. The smallest absolute Gasteiger partial charge is 0.357 e. The predicted octanol–water partition coefficient (Wildman–Crippen LogP) is -3.87. The van der Waals surface area contributed by atoms with Crippen molar-refractivity contribution in [3.63, 3.8) is 0 Å². The van der Waals surface area contributed by atoms with Gasteiger partial charge in [-0.15, -0.1) is 0 Å². The molecule has 0 bridgehead atoms. The number of carbonyl (C=O) groups is 2. The largest absolute Gasteiger partial charge is 0.371 e. The Morgan fingerprint density at radius 3 is 1.60 bits per heavy atom. The first-order chi connectivity index (χ1) is 6.91. The zero-order chi connectivity index (χ0) is 11.6. The van der Waals surface area contributed by atoms with Crippen molar-refractivity contribution in [3.8, 4) is 0 Å². The molecule has 1 saturated heterocycles. The molecule has 1 rings (SSSR count). The van der Waals surface area contributed by atoms with Gasteiger partial charge in [-0.05, 0) is 0 Å². The Kier molecular flexibility index (Phi) is 3.18. The van der Waals surface area contributed by atoms with Crippen LogP contribution in [-0.2, 0) is 28.7 Å². The van der Waals surface area contributed by atoms with Crippen LogP contribution in [0.2, 0.25) is 0 Å². The monoisotopic (exact) mass is 222 g/mol. The first-order valence-corrected chi connectivity index (χ1v) is 3.66. The first kappa shape index (κ1) is 11.8. The van der Waals surface area contributed by atoms with Crippen LogP contribution in [0.15, 0.2) is 0 Å². The molecular weight excluding hydrogens is 212 g/mol. The van der Waals surface area contributed by atoms with Crippen LogP contribution < -0.4 is 23.3 Å². The molecule has 0 aliphatic carbocycles. The van der Waals surface area contributed by atoms with Gasteiger partial charge in [0.1, 0.15) is 0 Å². The van der Waals surface area contributed by atoms with Crippen LogP contribution >= 0.6 is 0 Å². The fourth-order valence-electron chi connectivity index (χ4n) is 1.03. The molecule has 0 aromatic heterocycles. The molecule has 0 radical (unpaired) electrons. The van der Waals surface area contributed by atoms with E-state index in [4.69, 9.17) is 11.5 Å². The second-order valence-corrected chi connectivity index (χ2v) is 2.67. The molecule has 2 atom stereocenters. The molecule has 0 spiro atoms. The van der Waals surface area contributed by atoms with Gasteiger partial charge in [0.05, 0.1) is 0 Å². The minimum absolute atomic E-state index is 1.09. The molecule has 1 aliphatic rings. The summed E-state index contributed by atoms with van der Waals surface area (Å²) >= 11 is 0. The lowest BCUT2D eigenvalue weighted by atomic mass is 10.2. The fraction of sp³-hybridized carbons (Fsp3) is 0.600. The number of hydrogen-bond donors (Lipinski definition) is 4. The van der Waals surface area contributed by atoms with E-state index in [1.807, 2.05) is 0 Å². The van der Waals surface area contributed by atoms with Crippen LogP contribution in [0.4, 0.5) is 0 Å². The van der Waals surface area contributed by atoms with Crippen LogP contribution in [-0.4, -0.2) is 30.2 Å². The van der Waals surface area contributed by atoms with Crippen molar-refractivity contribution in [2.45, 2.75) is 18.2 Å². The van der Waals surface area contributed by atoms with E-state index in [1.54, 1.807) is 0 Å². The Bertz CT molecular complexity index is 255. The maximum absolute atomic E-state index is 11.0. The van der Waals surface area contributed by atoms with Crippen molar-refractivity contribution in [3.05, 3.63) is 0 Å². The Labute approximate surface area is 83.2 Å². The zero-order valence-electron chi connectivity index (χ0n) is 7.41. The fourth-order valence-corrected chi connectivity index (χ4v) is 1.03. The van der Waals surface area contributed by atoms with Gasteiger partial charge in [-0.2, -0.15) is 11.8 Å². The summed E-state index contributed by atoms with van der Waals surface area (Å²) in [5.74, 6) is 7.00. The highest BCUT2D eigenvalue weighted by atomic mass is 16.8. The average Bonchev–Trinajstić information content (AvgIpc) is 2.52. The van der Waals surface area contributed by atoms with Crippen LogP contribution in [0.1, 0.15) is 0 Å². The van der Waals surface area contributed by atoms with Crippen LogP contribution in [0.5, 0.6) is 0 Å².